The minimum atomic E-state index is -0.505. The number of hydrogen-bond acceptors (Lipinski definition) is 9. The number of nitrogens with zero attached hydrogens (tertiary/aromatic N) is 1. The molecule has 0 saturated carbocycles. The summed E-state index contributed by atoms with van der Waals surface area (Å²) < 4.78 is 29.0. The number of benzene rings is 2. The van der Waals surface area contributed by atoms with Gasteiger partial charge >= 0.3 is 5.97 Å². The van der Waals surface area contributed by atoms with E-state index in [0.29, 0.717) is 26.4 Å². The number of rotatable bonds is 14. The SMILES string of the molecule is Cc1sc2cc(O)ccc2c1Oc1ccc(OCCN(C)CCOCCOCC(=O)OC(C)(C)C)cc1. The van der Waals surface area contributed by atoms with Gasteiger partial charge in [0.25, 0.3) is 0 Å². The van der Waals surface area contributed by atoms with Crippen LogP contribution in [0.15, 0.2) is 42.5 Å². The molecule has 1 aromatic heterocycles. The Bertz CT molecular complexity index is 1140. The van der Waals surface area contributed by atoms with Crippen LogP contribution in [0, 0.1) is 6.92 Å². The van der Waals surface area contributed by atoms with Gasteiger partial charge in [-0.1, -0.05) is 0 Å². The third-order valence-corrected chi connectivity index (χ3v) is 6.26. The van der Waals surface area contributed by atoms with E-state index in [-0.39, 0.29) is 18.3 Å². The number of ether oxygens (including phenoxy) is 5. The van der Waals surface area contributed by atoms with Crippen molar-refractivity contribution in [2.24, 2.45) is 0 Å². The summed E-state index contributed by atoms with van der Waals surface area (Å²) in [6.07, 6.45) is 0. The summed E-state index contributed by atoms with van der Waals surface area (Å²) in [5, 5.41) is 10.7. The highest BCUT2D eigenvalue weighted by atomic mass is 32.1. The lowest BCUT2D eigenvalue weighted by Crippen LogP contribution is -2.28. The maximum absolute atomic E-state index is 11.6. The summed E-state index contributed by atoms with van der Waals surface area (Å²) in [6, 6.07) is 12.9. The van der Waals surface area contributed by atoms with Crippen LogP contribution in [-0.2, 0) is 19.0 Å². The number of carbonyl (C=O) groups is 1. The largest absolute Gasteiger partial charge is 0.508 e. The van der Waals surface area contributed by atoms with E-state index in [1.54, 1.807) is 23.5 Å². The topological polar surface area (TPSA) is 86.7 Å². The molecule has 0 radical (unpaired) electrons. The lowest BCUT2D eigenvalue weighted by Gasteiger charge is -2.19. The minimum absolute atomic E-state index is 0.0686. The average Bonchev–Trinajstić information content (AvgIpc) is 3.12. The van der Waals surface area contributed by atoms with Gasteiger partial charge in [-0.05, 0) is 77.2 Å². The van der Waals surface area contributed by atoms with Gasteiger partial charge in [0.15, 0.2) is 0 Å². The molecular formula is C28H37NO7S. The van der Waals surface area contributed by atoms with Crippen LogP contribution in [0.3, 0.4) is 0 Å². The number of likely N-dealkylation sites (N-methyl/N-ethyl adjacent to an activating group) is 1. The molecule has 0 unspecified atom stereocenters. The molecule has 0 aliphatic heterocycles. The standard InChI is InChI=1S/C28H37NO7S/c1-20-27(24-11-6-21(30)18-25(24)37-20)35-23-9-7-22(8-10-23)34-15-13-29(5)12-14-32-16-17-33-19-26(31)36-28(2,3)4/h6-11,18,30H,12-17,19H2,1-5H3. The Morgan fingerprint density at radius 2 is 1.62 bits per heavy atom. The molecule has 0 atom stereocenters. The van der Waals surface area contributed by atoms with Gasteiger partial charge in [0.2, 0.25) is 0 Å². The Morgan fingerprint density at radius 3 is 2.35 bits per heavy atom. The second-order valence-corrected chi connectivity index (χ2v) is 10.9. The molecule has 0 spiro atoms. The van der Waals surface area contributed by atoms with E-state index in [0.717, 1.165) is 45.3 Å². The first-order valence-corrected chi connectivity index (χ1v) is 13.1. The molecule has 2 aromatic carbocycles. The molecule has 3 rings (SSSR count). The first kappa shape index (κ1) is 28.7. The number of fused-ring (bicyclic) bond motifs is 1. The molecule has 9 heteroatoms. The van der Waals surface area contributed by atoms with Crippen molar-refractivity contribution in [2.45, 2.75) is 33.3 Å². The van der Waals surface area contributed by atoms with Crippen LogP contribution in [0.4, 0.5) is 0 Å². The summed E-state index contributed by atoms with van der Waals surface area (Å²) >= 11 is 1.60. The smallest absolute Gasteiger partial charge is 0.332 e. The van der Waals surface area contributed by atoms with Crippen LogP contribution < -0.4 is 9.47 Å². The van der Waals surface area contributed by atoms with Crippen LogP contribution in [0.25, 0.3) is 10.1 Å². The zero-order valence-corrected chi connectivity index (χ0v) is 23.1. The molecule has 0 aliphatic carbocycles. The Balaban J connectivity index is 1.29. The highest BCUT2D eigenvalue weighted by molar-refractivity contribution is 7.19. The molecule has 3 aromatic rings. The molecule has 0 saturated heterocycles. The van der Waals surface area contributed by atoms with Gasteiger partial charge in [0.05, 0.1) is 19.8 Å². The van der Waals surface area contributed by atoms with Crippen molar-refractivity contribution in [1.82, 2.24) is 4.90 Å². The van der Waals surface area contributed by atoms with Crippen LogP contribution >= 0.6 is 11.3 Å². The summed E-state index contributed by atoms with van der Waals surface area (Å²) in [5.41, 5.74) is -0.505. The summed E-state index contributed by atoms with van der Waals surface area (Å²) in [4.78, 5) is 14.7. The van der Waals surface area contributed by atoms with Crippen molar-refractivity contribution in [1.29, 1.82) is 0 Å². The van der Waals surface area contributed by atoms with Crippen LogP contribution in [0.1, 0.15) is 25.6 Å². The Labute approximate surface area is 222 Å². The molecule has 1 heterocycles. The third kappa shape index (κ3) is 9.85. The Kier molecular flexibility index (Phi) is 10.6. The van der Waals surface area contributed by atoms with Crippen molar-refractivity contribution in [2.75, 3.05) is 53.2 Å². The monoisotopic (exact) mass is 531 g/mol. The zero-order valence-electron chi connectivity index (χ0n) is 22.2. The molecule has 0 bridgehead atoms. The van der Waals surface area contributed by atoms with E-state index in [1.807, 2.05) is 65.1 Å². The zero-order chi connectivity index (χ0) is 26.8. The number of phenolic OH excluding ortho intramolecular Hbond substituents is 1. The molecule has 202 valence electrons. The van der Waals surface area contributed by atoms with E-state index < -0.39 is 5.60 Å². The van der Waals surface area contributed by atoms with Gasteiger partial charge < -0.3 is 33.7 Å². The lowest BCUT2D eigenvalue weighted by molar-refractivity contribution is -0.160. The van der Waals surface area contributed by atoms with Crippen molar-refractivity contribution in [3.8, 4) is 23.0 Å². The van der Waals surface area contributed by atoms with Gasteiger partial charge in [-0.3, -0.25) is 0 Å². The number of aromatic hydroxyl groups is 1. The van der Waals surface area contributed by atoms with Crippen LogP contribution in [-0.4, -0.2) is 74.7 Å². The quantitative estimate of drug-likeness (QED) is 0.219. The lowest BCUT2D eigenvalue weighted by atomic mass is 10.2. The average molecular weight is 532 g/mol. The Morgan fingerprint density at radius 1 is 0.946 bits per heavy atom. The molecular weight excluding hydrogens is 494 g/mol. The van der Waals surface area contributed by atoms with Gasteiger partial charge in [-0.15, -0.1) is 11.3 Å². The molecule has 8 nitrogen and oxygen atoms in total. The summed E-state index contributed by atoms with van der Waals surface area (Å²) in [5.74, 6) is 2.19. The second kappa shape index (κ2) is 13.6. The number of esters is 1. The third-order valence-electron chi connectivity index (χ3n) is 5.21. The van der Waals surface area contributed by atoms with E-state index in [1.165, 1.54) is 0 Å². The van der Waals surface area contributed by atoms with Gasteiger partial charge in [0.1, 0.15) is 41.8 Å². The van der Waals surface area contributed by atoms with Gasteiger partial charge in [-0.2, -0.15) is 0 Å². The summed E-state index contributed by atoms with van der Waals surface area (Å²) in [6.45, 7) is 10.8. The van der Waals surface area contributed by atoms with Crippen molar-refractivity contribution < 1.29 is 33.6 Å². The molecule has 0 amide bonds. The molecule has 0 fully saturated rings. The normalized spacial score (nSPS) is 11.7. The predicted molar refractivity (Wildman–Crippen MR) is 145 cm³/mol. The van der Waals surface area contributed by atoms with Crippen molar-refractivity contribution in [3.63, 3.8) is 0 Å². The van der Waals surface area contributed by atoms with Crippen molar-refractivity contribution in [3.05, 3.63) is 47.3 Å². The molecule has 0 aliphatic rings. The van der Waals surface area contributed by atoms with Crippen molar-refractivity contribution >= 4 is 27.4 Å². The van der Waals surface area contributed by atoms with E-state index in [9.17, 15) is 9.90 Å². The fourth-order valence-corrected chi connectivity index (χ4v) is 4.46. The maximum atomic E-state index is 11.6. The fourth-order valence-electron chi connectivity index (χ4n) is 3.43. The van der Waals surface area contributed by atoms with Crippen LogP contribution in [0.5, 0.6) is 23.0 Å². The molecule has 1 N–H and O–H groups in total. The first-order chi connectivity index (χ1) is 17.6. The van der Waals surface area contributed by atoms with Gasteiger partial charge in [0, 0.05) is 28.1 Å². The van der Waals surface area contributed by atoms with Crippen LogP contribution in [0.2, 0.25) is 0 Å². The van der Waals surface area contributed by atoms with E-state index in [2.05, 4.69) is 4.90 Å². The minimum Gasteiger partial charge on any atom is -0.508 e. The maximum Gasteiger partial charge on any atom is 0.332 e. The second-order valence-electron chi connectivity index (χ2n) is 9.64. The summed E-state index contributed by atoms with van der Waals surface area (Å²) in [7, 11) is 2.01. The highest BCUT2D eigenvalue weighted by Crippen LogP contribution is 2.41. The predicted octanol–water partition coefficient (Wildman–Crippen LogP) is 5.39. The van der Waals surface area contributed by atoms with E-state index >= 15 is 0 Å². The highest BCUT2D eigenvalue weighted by Gasteiger charge is 2.16. The number of aryl methyl sites for hydroxylation is 1. The number of thiophene rings is 1. The fraction of sp³-hybridized carbons (Fsp3) is 0.464. The number of hydrogen-bond donors (Lipinski definition) is 1. The Hall–Kier alpha value is -2.85. The molecule has 37 heavy (non-hydrogen) atoms. The first-order valence-electron chi connectivity index (χ1n) is 12.3. The number of carbonyl (C=O) groups excluding carboxylic acids is 1. The number of phenols is 1. The van der Waals surface area contributed by atoms with Gasteiger partial charge in [-0.25, -0.2) is 4.79 Å². The van der Waals surface area contributed by atoms with E-state index in [4.69, 9.17) is 23.7 Å².